The number of aryl methyl sites for hydroxylation is 1. The number of hydrogen-bond donors (Lipinski definition) is 0. The maximum absolute atomic E-state index is 11.9. The van der Waals surface area contributed by atoms with E-state index in [0.717, 1.165) is 17.7 Å². The van der Waals surface area contributed by atoms with Crippen LogP contribution in [-0.4, -0.2) is 56.9 Å². The number of carbonyl (C=O) groups excluding carboxylic acids is 1. The SMILES string of the molecule is COCC(=O)N1CCC(COc2ccccc2C)(OC)C1. The van der Waals surface area contributed by atoms with E-state index in [1.54, 1.807) is 12.0 Å². The molecular weight excluding hydrogens is 270 g/mol. The second-order valence-electron chi connectivity index (χ2n) is 5.44. The van der Waals surface area contributed by atoms with Crippen LogP contribution in [0.25, 0.3) is 0 Å². The molecule has 0 radical (unpaired) electrons. The molecule has 1 heterocycles. The maximum Gasteiger partial charge on any atom is 0.248 e. The highest BCUT2D eigenvalue weighted by atomic mass is 16.5. The van der Waals surface area contributed by atoms with Crippen LogP contribution in [0.4, 0.5) is 0 Å². The van der Waals surface area contributed by atoms with Crippen molar-refractivity contribution in [2.24, 2.45) is 0 Å². The van der Waals surface area contributed by atoms with Gasteiger partial charge in [-0.1, -0.05) is 18.2 Å². The number of nitrogens with zero attached hydrogens (tertiary/aromatic N) is 1. The zero-order valence-corrected chi connectivity index (χ0v) is 12.9. The van der Waals surface area contributed by atoms with Crippen LogP contribution in [0.3, 0.4) is 0 Å². The van der Waals surface area contributed by atoms with Crippen LogP contribution in [0.1, 0.15) is 12.0 Å². The lowest BCUT2D eigenvalue weighted by molar-refractivity contribution is -0.135. The molecule has 0 saturated carbocycles. The number of amides is 1. The van der Waals surface area contributed by atoms with Crippen molar-refractivity contribution in [1.82, 2.24) is 4.90 Å². The third kappa shape index (κ3) is 3.74. The van der Waals surface area contributed by atoms with Crippen LogP contribution in [0.15, 0.2) is 24.3 Å². The fourth-order valence-corrected chi connectivity index (χ4v) is 2.54. The van der Waals surface area contributed by atoms with Gasteiger partial charge in [-0.3, -0.25) is 4.79 Å². The standard InChI is InChI=1S/C16H23NO4/c1-13-6-4-5-7-14(13)21-12-16(20-3)8-9-17(11-16)15(18)10-19-2/h4-7H,8-12H2,1-3H3. The van der Waals surface area contributed by atoms with Gasteiger partial charge < -0.3 is 19.1 Å². The zero-order valence-electron chi connectivity index (χ0n) is 12.9. The molecule has 1 amide bonds. The highest BCUT2D eigenvalue weighted by molar-refractivity contribution is 5.77. The Bertz CT molecular complexity index is 491. The summed E-state index contributed by atoms with van der Waals surface area (Å²) in [6.07, 6.45) is 0.769. The molecule has 0 N–H and O–H groups in total. The normalized spacial score (nSPS) is 21.6. The largest absolute Gasteiger partial charge is 0.490 e. The van der Waals surface area contributed by atoms with Gasteiger partial charge in [-0.15, -0.1) is 0 Å². The third-order valence-electron chi connectivity index (χ3n) is 3.95. The smallest absolute Gasteiger partial charge is 0.248 e. The van der Waals surface area contributed by atoms with E-state index >= 15 is 0 Å². The Morgan fingerprint density at radius 3 is 2.76 bits per heavy atom. The first-order chi connectivity index (χ1) is 10.1. The lowest BCUT2D eigenvalue weighted by Crippen LogP contribution is -2.43. The molecule has 1 aromatic carbocycles. The third-order valence-corrected chi connectivity index (χ3v) is 3.95. The van der Waals surface area contributed by atoms with Gasteiger partial charge in [0.2, 0.25) is 5.91 Å². The molecule has 1 unspecified atom stereocenters. The van der Waals surface area contributed by atoms with E-state index in [4.69, 9.17) is 14.2 Å². The molecule has 0 aliphatic carbocycles. The molecule has 2 rings (SSSR count). The first kappa shape index (κ1) is 15.8. The van der Waals surface area contributed by atoms with E-state index in [0.29, 0.717) is 19.7 Å². The average Bonchev–Trinajstić information content (AvgIpc) is 2.92. The van der Waals surface area contributed by atoms with Gasteiger partial charge in [0.1, 0.15) is 24.6 Å². The van der Waals surface area contributed by atoms with Crippen LogP contribution in [0.5, 0.6) is 5.75 Å². The van der Waals surface area contributed by atoms with Crippen LogP contribution in [-0.2, 0) is 14.3 Å². The summed E-state index contributed by atoms with van der Waals surface area (Å²) < 4.78 is 16.5. The predicted octanol–water partition coefficient (Wildman–Crippen LogP) is 1.64. The van der Waals surface area contributed by atoms with E-state index < -0.39 is 5.60 Å². The first-order valence-corrected chi connectivity index (χ1v) is 7.10. The van der Waals surface area contributed by atoms with Crippen molar-refractivity contribution in [2.75, 3.05) is 40.5 Å². The molecule has 0 spiro atoms. The molecule has 1 aliphatic heterocycles. The van der Waals surface area contributed by atoms with Gasteiger partial charge in [0.25, 0.3) is 0 Å². The molecule has 5 nitrogen and oxygen atoms in total. The quantitative estimate of drug-likeness (QED) is 0.800. The number of ether oxygens (including phenoxy) is 3. The van der Waals surface area contributed by atoms with Crippen molar-refractivity contribution >= 4 is 5.91 Å². The van der Waals surface area contributed by atoms with E-state index in [9.17, 15) is 4.79 Å². The Morgan fingerprint density at radius 1 is 1.33 bits per heavy atom. The minimum absolute atomic E-state index is 0.00711. The first-order valence-electron chi connectivity index (χ1n) is 7.10. The maximum atomic E-state index is 11.9. The van der Waals surface area contributed by atoms with Crippen LogP contribution in [0.2, 0.25) is 0 Å². The fourth-order valence-electron chi connectivity index (χ4n) is 2.54. The minimum atomic E-state index is -0.439. The monoisotopic (exact) mass is 293 g/mol. The van der Waals surface area contributed by atoms with Gasteiger partial charge >= 0.3 is 0 Å². The molecule has 5 heteroatoms. The summed E-state index contributed by atoms with van der Waals surface area (Å²) >= 11 is 0. The van der Waals surface area contributed by atoms with Gasteiger partial charge in [-0.25, -0.2) is 0 Å². The molecule has 1 saturated heterocycles. The van der Waals surface area contributed by atoms with E-state index in [2.05, 4.69) is 0 Å². The van der Waals surface area contributed by atoms with Gasteiger partial charge in [-0.05, 0) is 25.0 Å². The molecule has 1 fully saturated rings. The number of methoxy groups -OCH3 is 2. The molecule has 0 bridgehead atoms. The lowest BCUT2D eigenvalue weighted by Gasteiger charge is -2.28. The Labute approximate surface area is 125 Å². The topological polar surface area (TPSA) is 48.0 Å². The van der Waals surface area contributed by atoms with E-state index in [-0.39, 0.29) is 12.5 Å². The van der Waals surface area contributed by atoms with Gasteiger partial charge in [0.05, 0.1) is 6.54 Å². The zero-order chi connectivity index (χ0) is 15.3. The molecule has 1 aromatic rings. The van der Waals surface area contributed by atoms with Crippen molar-refractivity contribution in [3.8, 4) is 5.75 Å². The van der Waals surface area contributed by atoms with Crippen molar-refractivity contribution in [3.63, 3.8) is 0 Å². The van der Waals surface area contributed by atoms with Crippen molar-refractivity contribution in [1.29, 1.82) is 0 Å². The molecule has 21 heavy (non-hydrogen) atoms. The van der Waals surface area contributed by atoms with E-state index in [1.165, 1.54) is 7.11 Å². The van der Waals surface area contributed by atoms with E-state index in [1.807, 2.05) is 31.2 Å². The second kappa shape index (κ2) is 6.91. The number of benzene rings is 1. The Hall–Kier alpha value is -1.59. The predicted molar refractivity (Wildman–Crippen MR) is 79.5 cm³/mol. The van der Waals surface area contributed by atoms with Crippen molar-refractivity contribution in [2.45, 2.75) is 18.9 Å². The van der Waals surface area contributed by atoms with Crippen LogP contribution < -0.4 is 4.74 Å². The lowest BCUT2D eigenvalue weighted by atomic mass is 10.0. The Balaban J connectivity index is 1.97. The summed E-state index contributed by atoms with van der Waals surface area (Å²) in [5.74, 6) is 0.850. The molecule has 0 aromatic heterocycles. The fraction of sp³-hybridized carbons (Fsp3) is 0.562. The molecule has 1 aliphatic rings. The summed E-state index contributed by atoms with van der Waals surface area (Å²) in [6, 6.07) is 7.89. The minimum Gasteiger partial charge on any atom is -0.490 e. The number of hydrogen-bond acceptors (Lipinski definition) is 4. The van der Waals surface area contributed by atoms with Gasteiger partial charge in [0, 0.05) is 20.8 Å². The highest BCUT2D eigenvalue weighted by Crippen LogP contribution is 2.27. The molecular formula is C16H23NO4. The van der Waals surface area contributed by atoms with Crippen LogP contribution in [0, 0.1) is 6.92 Å². The van der Waals surface area contributed by atoms with Crippen molar-refractivity contribution < 1.29 is 19.0 Å². The summed E-state index contributed by atoms with van der Waals surface area (Å²) in [6.45, 7) is 3.77. The Morgan fingerprint density at radius 2 is 2.10 bits per heavy atom. The number of carbonyl (C=O) groups is 1. The average molecular weight is 293 g/mol. The van der Waals surface area contributed by atoms with Gasteiger partial charge in [-0.2, -0.15) is 0 Å². The summed E-state index contributed by atoms with van der Waals surface area (Å²) in [4.78, 5) is 13.7. The summed E-state index contributed by atoms with van der Waals surface area (Å²) in [5, 5.41) is 0. The van der Waals surface area contributed by atoms with Gasteiger partial charge in [0.15, 0.2) is 0 Å². The highest BCUT2D eigenvalue weighted by Gasteiger charge is 2.41. The summed E-state index contributed by atoms with van der Waals surface area (Å²) in [7, 11) is 3.20. The number of rotatable bonds is 6. The number of para-hydroxylation sites is 1. The summed E-state index contributed by atoms with van der Waals surface area (Å²) in [5.41, 5.74) is 0.653. The second-order valence-corrected chi connectivity index (χ2v) is 5.44. The Kier molecular flexibility index (Phi) is 5.20. The van der Waals surface area contributed by atoms with Crippen molar-refractivity contribution in [3.05, 3.63) is 29.8 Å². The number of likely N-dealkylation sites (tertiary alicyclic amines) is 1. The van der Waals surface area contributed by atoms with Crippen LogP contribution >= 0.6 is 0 Å². The molecule has 116 valence electrons. The molecule has 1 atom stereocenters.